The fourth-order valence-electron chi connectivity index (χ4n) is 3.42. The van der Waals surface area contributed by atoms with Gasteiger partial charge in [0.25, 0.3) is 5.56 Å². The molecule has 2 N–H and O–H groups in total. The van der Waals surface area contributed by atoms with E-state index >= 15 is 0 Å². The molecule has 0 spiro atoms. The molecule has 1 saturated heterocycles. The average molecular weight is 369 g/mol. The molecule has 2 aliphatic rings. The maximum atomic E-state index is 12.5. The first kappa shape index (κ1) is 17.1. The van der Waals surface area contributed by atoms with Crippen LogP contribution in [0, 0.1) is 6.92 Å². The standard InChI is InChI=1S/C21H21ClN2O2/c1-12-2-3-14(10-18(12)22)17(11-15-6-9-20(25)23-15)19-8-7-16(13-4-5-13)21(26)24-19/h2-3,7-8,10-11,13,15H,4-6,9H2,1H3,(H,23,25)(H,24,26)/b17-11+/t15-/m1/s1. The summed E-state index contributed by atoms with van der Waals surface area (Å²) >= 11 is 6.32. The van der Waals surface area contributed by atoms with Crippen LogP contribution in [0.1, 0.15) is 54.0 Å². The molecule has 1 aliphatic heterocycles. The Balaban J connectivity index is 1.78. The van der Waals surface area contributed by atoms with E-state index in [-0.39, 0.29) is 17.5 Å². The maximum absolute atomic E-state index is 12.5. The number of benzene rings is 1. The summed E-state index contributed by atoms with van der Waals surface area (Å²) in [6.07, 6.45) is 5.49. The minimum atomic E-state index is -0.0378. The molecule has 134 valence electrons. The Labute approximate surface area is 157 Å². The number of aryl methyl sites for hydroxylation is 1. The van der Waals surface area contributed by atoms with E-state index in [1.165, 1.54) is 0 Å². The fourth-order valence-corrected chi connectivity index (χ4v) is 3.60. The molecule has 1 atom stereocenters. The van der Waals surface area contributed by atoms with Gasteiger partial charge in [-0.1, -0.05) is 35.9 Å². The highest BCUT2D eigenvalue weighted by molar-refractivity contribution is 6.31. The molecule has 4 nitrogen and oxygen atoms in total. The van der Waals surface area contributed by atoms with Crippen molar-refractivity contribution in [3.8, 4) is 0 Å². The number of carbonyl (C=O) groups excluding carboxylic acids is 1. The third-order valence-corrected chi connectivity index (χ3v) is 5.53. The third-order valence-electron chi connectivity index (χ3n) is 5.13. The Morgan fingerprint density at radius 1 is 1.15 bits per heavy atom. The van der Waals surface area contributed by atoms with Gasteiger partial charge < -0.3 is 10.3 Å². The molecule has 0 bridgehead atoms. The van der Waals surface area contributed by atoms with E-state index in [4.69, 9.17) is 11.6 Å². The number of H-pyrrole nitrogens is 1. The van der Waals surface area contributed by atoms with Gasteiger partial charge in [0, 0.05) is 34.3 Å². The van der Waals surface area contributed by atoms with Crippen LogP contribution in [0.2, 0.25) is 5.02 Å². The van der Waals surface area contributed by atoms with Gasteiger partial charge >= 0.3 is 0 Å². The molecular weight excluding hydrogens is 348 g/mol. The zero-order chi connectivity index (χ0) is 18.3. The first-order chi connectivity index (χ1) is 12.5. The van der Waals surface area contributed by atoms with Crippen LogP contribution in [0.3, 0.4) is 0 Å². The van der Waals surface area contributed by atoms with Gasteiger partial charge in [0.05, 0.1) is 0 Å². The summed E-state index contributed by atoms with van der Waals surface area (Å²) in [6, 6.07) is 9.73. The highest BCUT2D eigenvalue weighted by Gasteiger charge is 2.26. The Hall–Kier alpha value is -2.33. The van der Waals surface area contributed by atoms with Crippen molar-refractivity contribution < 1.29 is 4.79 Å². The third kappa shape index (κ3) is 3.47. The molecule has 2 fully saturated rings. The summed E-state index contributed by atoms with van der Waals surface area (Å²) in [5, 5.41) is 3.65. The molecule has 1 aromatic carbocycles. The highest BCUT2D eigenvalue weighted by atomic mass is 35.5. The van der Waals surface area contributed by atoms with Gasteiger partial charge in [0.2, 0.25) is 5.91 Å². The van der Waals surface area contributed by atoms with Crippen LogP contribution in [0.15, 0.2) is 41.2 Å². The van der Waals surface area contributed by atoms with Crippen molar-refractivity contribution >= 4 is 23.1 Å². The first-order valence-corrected chi connectivity index (χ1v) is 9.40. The molecule has 0 radical (unpaired) electrons. The zero-order valence-corrected chi connectivity index (χ0v) is 15.4. The lowest BCUT2D eigenvalue weighted by Crippen LogP contribution is -2.23. The van der Waals surface area contributed by atoms with Gasteiger partial charge in [0.1, 0.15) is 0 Å². The number of nitrogens with one attached hydrogen (secondary N) is 2. The largest absolute Gasteiger partial charge is 0.350 e. The number of aromatic nitrogens is 1. The van der Waals surface area contributed by atoms with Gasteiger partial charge in [-0.3, -0.25) is 9.59 Å². The van der Waals surface area contributed by atoms with Crippen molar-refractivity contribution in [3.63, 3.8) is 0 Å². The normalized spacial score (nSPS) is 20.3. The van der Waals surface area contributed by atoms with Crippen LogP contribution in [-0.2, 0) is 4.79 Å². The SMILES string of the molecule is Cc1ccc(/C(=C\[C@H]2CCC(=O)N2)c2ccc(C3CC3)c(=O)[nH]2)cc1Cl. The molecule has 1 saturated carbocycles. The van der Waals surface area contributed by atoms with Crippen LogP contribution in [0.5, 0.6) is 0 Å². The molecule has 4 rings (SSSR count). The fraction of sp³-hybridized carbons (Fsp3) is 0.333. The number of halogens is 1. The molecule has 26 heavy (non-hydrogen) atoms. The summed E-state index contributed by atoms with van der Waals surface area (Å²) < 4.78 is 0. The lowest BCUT2D eigenvalue weighted by Gasteiger charge is -2.13. The Kier molecular flexibility index (Phi) is 4.45. The van der Waals surface area contributed by atoms with Crippen molar-refractivity contribution in [3.05, 3.63) is 74.2 Å². The number of aromatic amines is 1. The van der Waals surface area contributed by atoms with Crippen LogP contribution < -0.4 is 10.9 Å². The van der Waals surface area contributed by atoms with E-state index in [1.54, 1.807) is 0 Å². The van der Waals surface area contributed by atoms with Gasteiger partial charge in [0.15, 0.2) is 0 Å². The van der Waals surface area contributed by atoms with E-state index in [1.807, 2.05) is 43.3 Å². The van der Waals surface area contributed by atoms with Crippen LogP contribution in [0.25, 0.3) is 5.57 Å². The second-order valence-electron chi connectivity index (χ2n) is 7.19. The molecule has 5 heteroatoms. The molecule has 1 aliphatic carbocycles. The number of carbonyl (C=O) groups is 1. The minimum Gasteiger partial charge on any atom is -0.350 e. The molecule has 2 heterocycles. The molecule has 0 unspecified atom stereocenters. The van der Waals surface area contributed by atoms with E-state index in [2.05, 4.69) is 10.3 Å². The zero-order valence-electron chi connectivity index (χ0n) is 14.6. The highest BCUT2D eigenvalue weighted by Crippen LogP contribution is 2.38. The smallest absolute Gasteiger partial charge is 0.251 e. The Morgan fingerprint density at radius 3 is 2.58 bits per heavy atom. The minimum absolute atomic E-state index is 0.0235. The summed E-state index contributed by atoms with van der Waals surface area (Å²) in [5.41, 5.74) is 4.41. The number of amides is 1. The second kappa shape index (κ2) is 6.76. The predicted octanol–water partition coefficient (Wildman–Crippen LogP) is 3.92. The van der Waals surface area contributed by atoms with Crippen LogP contribution >= 0.6 is 11.6 Å². The summed E-state index contributed by atoms with van der Waals surface area (Å²) in [5.74, 6) is 0.466. The van der Waals surface area contributed by atoms with Gasteiger partial charge in [-0.05, 0) is 55.4 Å². The maximum Gasteiger partial charge on any atom is 0.251 e. The summed E-state index contributed by atoms with van der Waals surface area (Å²) in [6.45, 7) is 1.96. The van der Waals surface area contributed by atoms with Crippen molar-refractivity contribution in [2.45, 2.75) is 44.6 Å². The predicted molar refractivity (Wildman–Crippen MR) is 103 cm³/mol. The summed E-state index contributed by atoms with van der Waals surface area (Å²) in [4.78, 5) is 27.1. The first-order valence-electron chi connectivity index (χ1n) is 9.02. The Bertz CT molecular complexity index is 957. The van der Waals surface area contributed by atoms with E-state index in [0.29, 0.717) is 17.4 Å². The topological polar surface area (TPSA) is 62.0 Å². The number of pyridine rings is 1. The van der Waals surface area contributed by atoms with Crippen LogP contribution in [0.4, 0.5) is 0 Å². The molecule has 1 aromatic heterocycles. The van der Waals surface area contributed by atoms with E-state index in [9.17, 15) is 9.59 Å². The quantitative estimate of drug-likeness (QED) is 0.859. The van der Waals surface area contributed by atoms with Crippen molar-refractivity contribution in [1.29, 1.82) is 0 Å². The molecule has 1 amide bonds. The number of hydrogen-bond donors (Lipinski definition) is 2. The molecular formula is C21H21ClN2O2. The van der Waals surface area contributed by atoms with Gasteiger partial charge in [-0.25, -0.2) is 0 Å². The van der Waals surface area contributed by atoms with Gasteiger partial charge in [-0.2, -0.15) is 0 Å². The van der Waals surface area contributed by atoms with Crippen molar-refractivity contribution in [2.24, 2.45) is 0 Å². The monoisotopic (exact) mass is 368 g/mol. The van der Waals surface area contributed by atoms with E-state index < -0.39 is 0 Å². The molecule has 2 aromatic rings. The van der Waals surface area contributed by atoms with Crippen molar-refractivity contribution in [2.75, 3.05) is 0 Å². The van der Waals surface area contributed by atoms with Crippen molar-refractivity contribution in [1.82, 2.24) is 10.3 Å². The van der Waals surface area contributed by atoms with Crippen LogP contribution in [-0.4, -0.2) is 16.9 Å². The second-order valence-corrected chi connectivity index (χ2v) is 7.59. The number of rotatable bonds is 4. The lowest BCUT2D eigenvalue weighted by molar-refractivity contribution is -0.119. The van der Waals surface area contributed by atoms with Gasteiger partial charge in [-0.15, -0.1) is 0 Å². The Morgan fingerprint density at radius 2 is 1.96 bits per heavy atom. The van der Waals surface area contributed by atoms with E-state index in [0.717, 1.165) is 47.2 Å². The summed E-state index contributed by atoms with van der Waals surface area (Å²) in [7, 11) is 0. The average Bonchev–Trinajstić information content (AvgIpc) is 3.37. The lowest BCUT2D eigenvalue weighted by atomic mass is 9.97. The number of hydrogen-bond acceptors (Lipinski definition) is 2.